The lowest BCUT2D eigenvalue weighted by atomic mass is 10.0. The summed E-state index contributed by atoms with van der Waals surface area (Å²) in [5.74, 6) is 0. The zero-order valence-electron chi connectivity index (χ0n) is 10.8. The van der Waals surface area contributed by atoms with E-state index in [9.17, 15) is 0 Å². The van der Waals surface area contributed by atoms with Crippen LogP contribution in [0.3, 0.4) is 0 Å². The summed E-state index contributed by atoms with van der Waals surface area (Å²) in [6, 6.07) is 0. The Morgan fingerprint density at radius 2 is 1.50 bits per heavy atom. The maximum Gasteiger partial charge on any atom is 0.114 e. The van der Waals surface area contributed by atoms with Crippen molar-refractivity contribution in [1.29, 1.82) is 0 Å². The van der Waals surface area contributed by atoms with Gasteiger partial charge in [0.25, 0.3) is 0 Å². The summed E-state index contributed by atoms with van der Waals surface area (Å²) in [6.07, 6.45) is -0.00481. The van der Waals surface area contributed by atoms with E-state index in [4.69, 9.17) is 18.9 Å². The normalized spacial score (nSPS) is 35.2. The Morgan fingerprint density at radius 1 is 0.938 bits per heavy atom. The van der Waals surface area contributed by atoms with Crippen molar-refractivity contribution in [3.63, 3.8) is 0 Å². The van der Waals surface area contributed by atoms with Crippen molar-refractivity contribution in [2.75, 3.05) is 26.4 Å². The molecular weight excluding hydrogens is 208 g/mol. The first-order valence-electron chi connectivity index (χ1n) is 6.20. The Bertz CT molecular complexity index is 186. The second kappa shape index (κ2) is 7.22. The molecule has 0 N–H and O–H groups in total. The van der Waals surface area contributed by atoms with Crippen molar-refractivity contribution in [3.8, 4) is 0 Å². The molecule has 1 aliphatic rings. The van der Waals surface area contributed by atoms with Crippen molar-refractivity contribution in [1.82, 2.24) is 0 Å². The fourth-order valence-corrected chi connectivity index (χ4v) is 2.09. The fourth-order valence-electron chi connectivity index (χ4n) is 2.09. The van der Waals surface area contributed by atoms with Crippen LogP contribution in [0.2, 0.25) is 0 Å². The van der Waals surface area contributed by atoms with Gasteiger partial charge in [0.05, 0.1) is 12.7 Å². The summed E-state index contributed by atoms with van der Waals surface area (Å²) in [5, 5.41) is 0. The number of hydrogen-bond acceptors (Lipinski definition) is 4. The van der Waals surface area contributed by atoms with Crippen molar-refractivity contribution < 1.29 is 18.9 Å². The van der Waals surface area contributed by atoms with Crippen LogP contribution in [0.15, 0.2) is 0 Å². The molecule has 0 unspecified atom stereocenters. The van der Waals surface area contributed by atoms with E-state index in [1.54, 1.807) is 0 Å². The summed E-state index contributed by atoms with van der Waals surface area (Å²) >= 11 is 0. The molecule has 0 aromatic rings. The van der Waals surface area contributed by atoms with Gasteiger partial charge in [0, 0.05) is 19.8 Å². The highest BCUT2D eigenvalue weighted by molar-refractivity contribution is 4.88. The molecule has 0 spiro atoms. The van der Waals surface area contributed by atoms with Crippen LogP contribution >= 0.6 is 0 Å². The summed E-state index contributed by atoms with van der Waals surface area (Å²) in [4.78, 5) is 0. The highest BCUT2D eigenvalue weighted by atomic mass is 16.6. The second-order valence-electron chi connectivity index (χ2n) is 3.87. The minimum atomic E-state index is -0.0322. The Hall–Kier alpha value is -0.160. The van der Waals surface area contributed by atoms with Crippen LogP contribution in [-0.4, -0.2) is 50.8 Å². The Morgan fingerprint density at radius 3 is 2.06 bits per heavy atom. The van der Waals surface area contributed by atoms with Crippen LogP contribution in [0.5, 0.6) is 0 Å². The molecular formula is C12H24O4. The zero-order valence-corrected chi connectivity index (χ0v) is 10.8. The minimum Gasteiger partial charge on any atom is -0.373 e. The lowest BCUT2D eigenvalue weighted by Gasteiger charge is -2.40. The number of hydrogen-bond donors (Lipinski definition) is 0. The van der Waals surface area contributed by atoms with E-state index in [0.717, 1.165) is 0 Å². The maximum atomic E-state index is 5.75. The molecule has 4 atom stereocenters. The lowest BCUT2D eigenvalue weighted by molar-refractivity contribution is -0.223. The monoisotopic (exact) mass is 232 g/mol. The van der Waals surface area contributed by atoms with E-state index in [1.807, 2.05) is 27.7 Å². The Balaban J connectivity index is 2.65. The van der Waals surface area contributed by atoms with Gasteiger partial charge in [-0.15, -0.1) is 0 Å². The average Bonchev–Trinajstić information content (AvgIpc) is 2.27. The summed E-state index contributed by atoms with van der Waals surface area (Å²) in [5.41, 5.74) is 0. The van der Waals surface area contributed by atoms with Gasteiger partial charge in [0.15, 0.2) is 0 Å². The van der Waals surface area contributed by atoms with Crippen LogP contribution in [-0.2, 0) is 18.9 Å². The summed E-state index contributed by atoms with van der Waals surface area (Å²) < 4.78 is 22.8. The minimum absolute atomic E-state index is 0.0160. The zero-order chi connectivity index (χ0) is 12.0. The van der Waals surface area contributed by atoms with Crippen molar-refractivity contribution in [2.24, 2.45) is 0 Å². The van der Waals surface area contributed by atoms with Crippen LogP contribution in [0.4, 0.5) is 0 Å². The van der Waals surface area contributed by atoms with Gasteiger partial charge in [0.2, 0.25) is 0 Å². The van der Waals surface area contributed by atoms with Crippen molar-refractivity contribution in [2.45, 2.75) is 52.1 Å². The van der Waals surface area contributed by atoms with E-state index in [2.05, 4.69) is 0 Å². The van der Waals surface area contributed by atoms with Crippen molar-refractivity contribution in [3.05, 3.63) is 0 Å². The van der Waals surface area contributed by atoms with E-state index >= 15 is 0 Å². The average molecular weight is 232 g/mol. The largest absolute Gasteiger partial charge is 0.373 e. The van der Waals surface area contributed by atoms with Gasteiger partial charge in [-0.2, -0.15) is 0 Å². The molecule has 16 heavy (non-hydrogen) atoms. The quantitative estimate of drug-likeness (QED) is 0.697. The molecule has 1 aliphatic heterocycles. The highest BCUT2D eigenvalue weighted by Gasteiger charge is 2.40. The molecule has 0 radical (unpaired) electrons. The molecule has 1 fully saturated rings. The second-order valence-corrected chi connectivity index (χ2v) is 3.87. The Kier molecular flexibility index (Phi) is 6.28. The Labute approximate surface area is 98.2 Å². The van der Waals surface area contributed by atoms with Crippen molar-refractivity contribution >= 4 is 0 Å². The molecule has 1 rings (SSSR count). The fraction of sp³-hybridized carbons (Fsp3) is 1.00. The van der Waals surface area contributed by atoms with Crippen LogP contribution in [0.1, 0.15) is 27.7 Å². The first-order valence-corrected chi connectivity index (χ1v) is 6.20. The molecule has 0 saturated carbocycles. The first-order chi connectivity index (χ1) is 7.74. The molecule has 0 aromatic heterocycles. The van der Waals surface area contributed by atoms with E-state index < -0.39 is 0 Å². The topological polar surface area (TPSA) is 36.9 Å². The van der Waals surface area contributed by atoms with Crippen LogP contribution < -0.4 is 0 Å². The molecule has 0 bridgehead atoms. The summed E-state index contributed by atoms with van der Waals surface area (Å²) in [6.45, 7) is 10.6. The lowest BCUT2D eigenvalue weighted by Crippen LogP contribution is -2.55. The third kappa shape index (κ3) is 3.42. The first kappa shape index (κ1) is 13.9. The molecule has 1 heterocycles. The smallest absolute Gasteiger partial charge is 0.114 e. The van der Waals surface area contributed by atoms with Gasteiger partial charge in [-0.05, 0) is 27.7 Å². The SMILES string of the molecule is CCO[C@@H]1[C@H](OCC)[C@H](OCC)CO[C@H]1C. The third-order valence-corrected chi connectivity index (χ3v) is 2.78. The molecule has 4 heteroatoms. The highest BCUT2D eigenvalue weighted by Crippen LogP contribution is 2.23. The molecule has 1 saturated heterocycles. The molecule has 0 aromatic carbocycles. The molecule has 4 nitrogen and oxygen atoms in total. The van der Waals surface area contributed by atoms with Gasteiger partial charge < -0.3 is 18.9 Å². The predicted molar refractivity (Wildman–Crippen MR) is 61.7 cm³/mol. The van der Waals surface area contributed by atoms with Gasteiger partial charge in [0.1, 0.15) is 18.3 Å². The van der Waals surface area contributed by atoms with E-state index in [1.165, 1.54) is 0 Å². The van der Waals surface area contributed by atoms with Gasteiger partial charge in [-0.25, -0.2) is 0 Å². The molecule has 96 valence electrons. The van der Waals surface area contributed by atoms with Crippen LogP contribution in [0.25, 0.3) is 0 Å². The predicted octanol–water partition coefficient (Wildman–Crippen LogP) is 1.62. The summed E-state index contributed by atoms with van der Waals surface area (Å²) in [7, 11) is 0. The van der Waals surface area contributed by atoms with Gasteiger partial charge >= 0.3 is 0 Å². The number of rotatable bonds is 6. The van der Waals surface area contributed by atoms with E-state index in [0.29, 0.717) is 26.4 Å². The van der Waals surface area contributed by atoms with Crippen LogP contribution in [0, 0.1) is 0 Å². The molecule has 0 amide bonds. The van der Waals surface area contributed by atoms with Gasteiger partial charge in [-0.1, -0.05) is 0 Å². The third-order valence-electron chi connectivity index (χ3n) is 2.78. The number of ether oxygens (including phenoxy) is 4. The maximum absolute atomic E-state index is 5.75. The van der Waals surface area contributed by atoms with Gasteiger partial charge in [-0.3, -0.25) is 0 Å². The standard InChI is InChI=1S/C12H24O4/c1-5-13-10-8-16-9(4)11(14-6-2)12(10)15-7-3/h9-12H,5-8H2,1-4H3/t9-,10+,11-,12+/m0/s1. The molecule has 0 aliphatic carbocycles. The van der Waals surface area contributed by atoms with E-state index in [-0.39, 0.29) is 24.4 Å².